The topological polar surface area (TPSA) is 38.3 Å². The predicted octanol–water partition coefficient (Wildman–Crippen LogP) is 3.58. The minimum Gasteiger partial charge on any atom is -0.458 e. The van der Waals surface area contributed by atoms with Gasteiger partial charge in [-0.1, -0.05) is 37.5 Å². The van der Waals surface area contributed by atoms with Crippen molar-refractivity contribution in [3.8, 4) is 0 Å². The molecule has 2 rings (SSSR count). The molecular formula is C16H24ClNO2. The highest BCUT2D eigenvalue weighted by Crippen LogP contribution is 2.17. The fraction of sp³-hybridized carbons (Fsp3) is 0.562. The largest absolute Gasteiger partial charge is 0.458 e. The summed E-state index contributed by atoms with van der Waals surface area (Å²) in [6.07, 6.45) is 6.40. The summed E-state index contributed by atoms with van der Waals surface area (Å²) < 4.78 is 5.43. The monoisotopic (exact) mass is 297 g/mol. The van der Waals surface area contributed by atoms with Crippen LogP contribution in [0.4, 0.5) is 0 Å². The number of ether oxygens (including phenoxy) is 1. The van der Waals surface area contributed by atoms with E-state index in [9.17, 15) is 4.79 Å². The third-order valence-corrected chi connectivity index (χ3v) is 3.62. The maximum absolute atomic E-state index is 11.9. The summed E-state index contributed by atoms with van der Waals surface area (Å²) in [5.74, 6) is -0.237. The molecule has 0 aromatic heterocycles. The van der Waals surface area contributed by atoms with Crippen LogP contribution < -0.4 is 5.32 Å². The van der Waals surface area contributed by atoms with Gasteiger partial charge in [0.25, 0.3) is 0 Å². The van der Waals surface area contributed by atoms with Gasteiger partial charge in [-0.25, -0.2) is 4.79 Å². The number of halogens is 1. The molecule has 0 aliphatic heterocycles. The third kappa shape index (κ3) is 5.51. The van der Waals surface area contributed by atoms with Gasteiger partial charge in [0.2, 0.25) is 0 Å². The van der Waals surface area contributed by atoms with Crippen molar-refractivity contribution in [2.45, 2.75) is 51.2 Å². The zero-order chi connectivity index (χ0) is 13.5. The van der Waals surface area contributed by atoms with Crippen molar-refractivity contribution < 1.29 is 9.53 Å². The van der Waals surface area contributed by atoms with Crippen molar-refractivity contribution in [1.82, 2.24) is 5.32 Å². The Morgan fingerprint density at radius 3 is 2.55 bits per heavy atom. The van der Waals surface area contributed by atoms with E-state index in [1.807, 2.05) is 25.1 Å². The lowest BCUT2D eigenvalue weighted by atomic mass is 9.95. The fourth-order valence-corrected chi connectivity index (χ4v) is 2.51. The van der Waals surface area contributed by atoms with E-state index < -0.39 is 0 Å². The molecule has 0 saturated heterocycles. The highest BCUT2D eigenvalue weighted by atomic mass is 35.5. The van der Waals surface area contributed by atoms with Crippen LogP contribution in [0.25, 0.3) is 0 Å². The summed E-state index contributed by atoms with van der Waals surface area (Å²) >= 11 is 0. The van der Waals surface area contributed by atoms with Gasteiger partial charge < -0.3 is 10.1 Å². The van der Waals surface area contributed by atoms with Crippen LogP contribution in [0.1, 0.15) is 49.4 Å². The summed E-state index contributed by atoms with van der Waals surface area (Å²) in [5.41, 5.74) is 0.618. The molecule has 0 radical (unpaired) electrons. The molecule has 20 heavy (non-hydrogen) atoms. The van der Waals surface area contributed by atoms with E-state index in [2.05, 4.69) is 5.32 Å². The van der Waals surface area contributed by atoms with Crippen LogP contribution >= 0.6 is 12.4 Å². The van der Waals surface area contributed by atoms with Crippen LogP contribution in [0.5, 0.6) is 0 Å². The zero-order valence-corrected chi connectivity index (χ0v) is 12.8. The molecule has 1 aliphatic rings. The van der Waals surface area contributed by atoms with Gasteiger partial charge in [-0.2, -0.15) is 0 Å². The first-order chi connectivity index (χ1) is 9.25. The fourth-order valence-electron chi connectivity index (χ4n) is 2.51. The lowest BCUT2D eigenvalue weighted by molar-refractivity contribution is 0.0334. The summed E-state index contributed by atoms with van der Waals surface area (Å²) in [4.78, 5) is 11.9. The molecule has 1 aromatic carbocycles. The second kappa shape index (κ2) is 8.98. The molecule has 1 aliphatic carbocycles. The van der Waals surface area contributed by atoms with Gasteiger partial charge in [0.1, 0.15) is 6.10 Å². The lowest BCUT2D eigenvalue weighted by Gasteiger charge is -2.24. The Balaban J connectivity index is 0.00000200. The number of carbonyl (C=O) groups is 1. The van der Waals surface area contributed by atoms with E-state index in [1.54, 1.807) is 12.1 Å². The van der Waals surface area contributed by atoms with Gasteiger partial charge in [-0.3, -0.25) is 0 Å². The van der Waals surface area contributed by atoms with E-state index in [4.69, 9.17) is 4.74 Å². The molecule has 0 unspecified atom stereocenters. The summed E-state index contributed by atoms with van der Waals surface area (Å²) in [5, 5.41) is 3.50. The number of carbonyl (C=O) groups excluding carboxylic acids is 1. The number of benzene rings is 1. The van der Waals surface area contributed by atoms with Crippen molar-refractivity contribution in [3.05, 3.63) is 35.9 Å². The Hall–Kier alpha value is -1.06. The summed E-state index contributed by atoms with van der Waals surface area (Å²) in [6, 6.07) is 9.76. The quantitative estimate of drug-likeness (QED) is 0.844. The first-order valence-corrected chi connectivity index (χ1v) is 7.25. The Morgan fingerprint density at radius 1 is 1.25 bits per heavy atom. The van der Waals surface area contributed by atoms with E-state index in [-0.39, 0.29) is 24.5 Å². The number of hydrogen-bond acceptors (Lipinski definition) is 3. The number of rotatable bonds is 5. The highest BCUT2D eigenvalue weighted by molar-refractivity contribution is 5.89. The van der Waals surface area contributed by atoms with Crippen LogP contribution in [0, 0.1) is 0 Å². The SMILES string of the molecule is C[C@H](CNC1CCCCC1)OC(=O)c1ccccc1.Cl. The summed E-state index contributed by atoms with van der Waals surface area (Å²) in [6.45, 7) is 2.68. The van der Waals surface area contributed by atoms with Crippen molar-refractivity contribution in [1.29, 1.82) is 0 Å². The second-order valence-electron chi connectivity index (χ2n) is 5.33. The van der Waals surface area contributed by atoms with Crippen molar-refractivity contribution >= 4 is 18.4 Å². The van der Waals surface area contributed by atoms with E-state index in [1.165, 1.54) is 32.1 Å². The average Bonchev–Trinajstić information content (AvgIpc) is 2.47. The standard InChI is InChI=1S/C16H23NO2.ClH/c1-13(12-17-15-10-6-3-7-11-15)19-16(18)14-8-4-2-5-9-14;/h2,4-5,8-9,13,15,17H,3,6-7,10-12H2,1H3;1H/t13-;/m1./s1. The molecule has 0 amide bonds. The van der Waals surface area contributed by atoms with E-state index >= 15 is 0 Å². The Labute approximate surface area is 127 Å². The van der Waals surface area contributed by atoms with Gasteiger partial charge in [0.15, 0.2) is 0 Å². The maximum Gasteiger partial charge on any atom is 0.338 e. The van der Waals surface area contributed by atoms with Crippen molar-refractivity contribution in [2.75, 3.05) is 6.54 Å². The molecule has 0 heterocycles. The molecule has 112 valence electrons. The molecule has 4 heteroatoms. The molecule has 1 N–H and O–H groups in total. The third-order valence-electron chi connectivity index (χ3n) is 3.62. The normalized spacial score (nSPS) is 17.1. The van der Waals surface area contributed by atoms with Crippen LogP contribution in [0.2, 0.25) is 0 Å². The molecule has 0 spiro atoms. The van der Waals surface area contributed by atoms with Gasteiger partial charge in [-0.05, 0) is 31.9 Å². The molecule has 1 aromatic rings. The van der Waals surface area contributed by atoms with Gasteiger partial charge in [-0.15, -0.1) is 12.4 Å². The smallest absolute Gasteiger partial charge is 0.338 e. The van der Waals surface area contributed by atoms with E-state index in [0.717, 1.165) is 6.54 Å². The average molecular weight is 298 g/mol. The van der Waals surface area contributed by atoms with Crippen LogP contribution in [0.3, 0.4) is 0 Å². The Bertz CT molecular complexity index is 391. The van der Waals surface area contributed by atoms with Gasteiger partial charge in [0, 0.05) is 12.6 Å². The zero-order valence-electron chi connectivity index (χ0n) is 12.0. The van der Waals surface area contributed by atoms with Crippen LogP contribution in [-0.2, 0) is 4.74 Å². The molecule has 3 nitrogen and oxygen atoms in total. The first-order valence-electron chi connectivity index (χ1n) is 7.25. The Morgan fingerprint density at radius 2 is 1.90 bits per heavy atom. The lowest BCUT2D eigenvalue weighted by Crippen LogP contribution is -2.37. The molecule has 0 bridgehead atoms. The molecule has 1 atom stereocenters. The summed E-state index contributed by atoms with van der Waals surface area (Å²) in [7, 11) is 0. The molecule has 1 saturated carbocycles. The first kappa shape index (κ1) is 17.0. The van der Waals surface area contributed by atoms with Crippen LogP contribution in [-0.4, -0.2) is 24.7 Å². The molecule has 1 fully saturated rings. The number of nitrogens with one attached hydrogen (secondary N) is 1. The van der Waals surface area contributed by atoms with Gasteiger partial charge >= 0.3 is 5.97 Å². The number of esters is 1. The highest BCUT2D eigenvalue weighted by Gasteiger charge is 2.16. The maximum atomic E-state index is 11.9. The van der Waals surface area contributed by atoms with Crippen molar-refractivity contribution in [3.63, 3.8) is 0 Å². The van der Waals surface area contributed by atoms with Crippen LogP contribution in [0.15, 0.2) is 30.3 Å². The van der Waals surface area contributed by atoms with Crippen molar-refractivity contribution in [2.24, 2.45) is 0 Å². The minimum absolute atomic E-state index is 0. The number of hydrogen-bond donors (Lipinski definition) is 1. The minimum atomic E-state index is -0.237. The second-order valence-corrected chi connectivity index (χ2v) is 5.33. The predicted molar refractivity (Wildman–Crippen MR) is 83.4 cm³/mol. The Kier molecular flexibility index (Phi) is 7.63. The molecular weight excluding hydrogens is 274 g/mol. The van der Waals surface area contributed by atoms with E-state index in [0.29, 0.717) is 11.6 Å². The van der Waals surface area contributed by atoms with Gasteiger partial charge in [0.05, 0.1) is 5.56 Å².